The van der Waals surface area contributed by atoms with E-state index < -0.39 is 83.6 Å². The molecule has 0 bridgehead atoms. The number of benzene rings is 6. The van der Waals surface area contributed by atoms with Crippen molar-refractivity contribution in [1.29, 1.82) is 0 Å². The van der Waals surface area contributed by atoms with E-state index in [1.54, 1.807) is 84.9 Å². The number of ether oxygens (including phenoxy) is 9. The molecule has 0 spiro atoms. The van der Waals surface area contributed by atoms with E-state index in [9.17, 15) is 26.7 Å². The fourth-order valence-corrected chi connectivity index (χ4v) is 8.96. The predicted octanol–water partition coefficient (Wildman–Crippen LogP) is 8.82. The van der Waals surface area contributed by atoms with Crippen LogP contribution in [-0.4, -0.2) is 93.7 Å². The molecule has 1 N–H and O–H groups in total. The van der Waals surface area contributed by atoms with Gasteiger partial charge in [0.05, 0.1) is 52.9 Å². The minimum Gasteiger partial charge on any atom is -0.374 e. The van der Waals surface area contributed by atoms with Crippen LogP contribution in [0.15, 0.2) is 182 Å². The molecule has 0 radical (unpaired) electrons. The molecule has 2 fully saturated rings. The van der Waals surface area contributed by atoms with Crippen molar-refractivity contribution in [1.82, 2.24) is 0 Å². The highest BCUT2D eigenvalue weighted by molar-refractivity contribution is 7.87. The maximum atomic E-state index is 14.4. The topological polar surface area (TPSA) is 147 Å². The van der Waals surface area contributed by atoms with E-state index in [1.807, 2.05) is 97.1 Å². The first kappa shape index (κ1) is 52.9. The predicted molar refractivity (Wildman–Crippen MR) is 257 cm³/mol. The van der Waals surface area contributed by atoms with Gasteiger partial charge in [-0.25, -0.2) is 0 Å². The fraction of sp³-hybridized carbons (Fsp3) is 0.345. The first-order valence-electron chi connectivity index (χ1n) is 23.5. The van der Waals surface area contributed by atoms with Gasteiger partial charge in [-0.15, -0.1) is 0 Å². The molecule has 13 nitrogen and oxygen atoms in total. The maximum absolute atomic E-state index is 14.4. The Morgan fingerprint density at radius 2 is 0.736 bits per heavy atom. The van der Waals surface area contributed by atoms with E-state index in [0.29, 0.717) is 11.1 Å². The molecule has 0 amide bonds. The van der Waals surface area contributed by atoms with Crippen LogP contribution in [0.2, 0.25) is 0 Å². The number of hydrogen-bond acceptors (Lipinski definition) is 13. The zero-order valence-electron chi connectivity index (χ0n) is 39.1. The van der Waals surface area contributed by atoms with Crippen LogP contribution in [0.4, 0.5) is 13.2 Å². The summed E-state index contributed by atoms with van der Waals surface area (Å²) in [7, 11) is -6.30. The van der Waals surface area contributed by atoms with Crippen LogP contribution in [0.5, 0.6) is 0 Å². The summed E-state index contributed by atoms with van der Waals surface area (Å²) < 4.78 is 133. The monoisotopic (exact) mass is 1010 g/mol. The number of aliphatic hydroxyl groups is 1. The molecule has 382 valence electrons. The van der Waals surface area contributed by atoms with E-state index >= 15 is 0 Å². The van der Waals surface area contributed by atoms with Gasteiger partial charge in [0.15, 0.2) is 12.6 Å². The number of alkyl halides is 3. The quantitative estimate of drug-likeness (QED) is 0.0456. The molecule has 0 saturated carbocycles. The van der Waals surface area contributed by atoms with Crippen molar-refractivity contribution in [3.8, 4) is 0 Å². The van der Waals surface area contributed by atoms with Crippen molar-refractivity contribution in [3.63, 3.8) is 0 Å². The van der Waals surface area contributed by atoms with Crippen LogP contribution in [0.1, 0.15) is 33.4 Å². The summed E-state index contributed by atoms with van der Waals surface area (Å²) in [4.78, 5) is 0. The first-order chi connectivity index (χ1) is 35.0. The standard InChI is InChI=1S/C55H57F3O13S/c56-55(57,58)72(60,61)71-48-46(38-63-32-40-21-9-2-10-22-40)69-54(52(67-36-44-29-17-6-18-30-44)50(48)65-34-42-25-13-4-14-26-42)70-47-45(37-62-31-39-19-7-1-8-20-39)68-53(59)51(66-35-43-27-15-5-16-28-43)49(47)64-33-41-23-11-3-12-24-41/h1-30,45-54,59H,31-38H2/t45-,46-,47-,48+,49+,50+,51-,52-,53+,54+/m1/s1. The molecule has 2 aliphatic heterocycles. The highest BCUT2D eigenvalue weighted by Gasteiger charge is 2.58. The molecule has 10 atom stereocenters. The lowest BCUT2D eigenvalue weighted by Crippen LogP contribution is -2.66. The average molecular weight is 1020 g/mol. The Hall–Kier alpha value is -5.38. The molecule has 6 aromatic carbocycles. The highest BCUT2D eigenvalue weighted by atomic mass is 32.2. The fourth-order valence-electron chi connectivity index (χ4n) is 8.32. The lowest BCUT2D eigenvalue weighted by Gasteiger charge is -2.49. The van der Waals surface area contributed by atoms with Crippen LogP contribution in [0.3, 0.4) is 0 Å². The summed E-state index contributed by atoms with van der Waals surface area (Å²) in [6.07, 6.45) is -14.7. The third-order valence-electron chi connectivity index (χ3n) is 11.9. The molecular weight excluding hydrogens is 958 g/mol. The second-order valence-corrected chi connectivity index (χ2v) is 18.8. The van der Waals surface area contributed by atoms with Crippen LogP contribution in [-0.2, 0) is 96.6 Å². The number of aliphatic hydroxyl groups excluding tert-OH is 1. The van der Waals surface area contributed by atoms with Crippen molar-refractivity contribution in [3.05, 3.63) is 215 Å². The summed E-state index contributed by atoms with van der Waals surface area (Å²) in [5.41, 5.74) is -1.42. The SMILES string of the molecule is O=S(=O)(O[C@@H]1[C@H](OCc2ccccc2)[C@@H](OCc2ccccc2)[C@H](O[C@H]2[C@H](OCc3ccccc3)[C@@H](OCc3ccccc3)[C@@H](O)O[C@@H]2COCc2ccccc2)O[C@@H]1COCc1ccccc1)C(F)(F)F. The number of rotatable bonds is 24. The average Bonchev–Trinajstić information content (AvgIpc) is 3.39. The van der Waals surface area contributed by atoms with Gasteiger partial charge in [-0.2, -0.15) is 21.6 Å². The third kappa shape index (κ3) is 14.9. The second kappa shape index (κ2) is 26.0. The molecule has 2 saturated heterocycles. The Labute approximate surface area is 417 Å². The lowest BCUT2D eigenvalue weighted by atomic mass is 9.96. The van der Waals surface area contributed by atoms with Crippen molar-refractivity contribution >= 4 is 10.1 Å². The highest BCUT2D eigenvalue weighted by Crippen LogP contribution is 2.38. The van der Waals surface area contributed by atoms with Crippen LogP contribution in [0.25, 0.3) is 0 Å². The molecule has 0 aliphatic carbocycles. The smallest absolute Gasteiger partial charge is 0.374 e. The third-order valence-corrected chi connectivity index (χ3v) is 13.0. The van der Waals surface area contributed by atoms with Gasteiger partial charge in [0.2, 0.25) is 0 Å². The second-order valence-electron chi connectivity index (χ2n) is 17.2. The van der Waals surface area contributed by atoms with Crippen LogP contribution in [0, 0.1) is 0 Å². The van der Waals surface area contributed by atoms with Crippen LogP contribution >= 0.6 is 0 Å². The van der Waals surface area contributed by atoms with Crippen molar-refractivity contribution < 1.29 is 73.5 Å². The van der Waals surface area contributed by atoms with Crippen molar-refractivity contribution in [2.24, 2.45) is 0 Å². The number of hydrogen-bond donors (Lipinski definition) is 1. The zero-order chi connectivity index (χ0) is 50.2. The molecule has 6 aromatic rings. The van der Waals surface area contributed by atoms with Gasteiger partial charge in [-0.3, -0.25) is 4.18 Å². The lowest BCUT2D eigenvalue weighted by molar-refractivity contribution is -0.370. The summed E-state index contributed by atoms with van der Waals surface area (Å²) in [6.45, 7) is -0.868. The van der Waals surface area contributed by atoms with E-state index in [2.05, 4.69) is 0 Å². The van der Waals surface area contributed by atoms with Crippen molar-refractivity contribution in [2.75, 3.05) is 13.2 Å². The Morgan fingerprint density at radius 1 is 0.417 bits per heavy atom. The van der Waals surface area contributed by atoms with Gasteiger partial charge >= 0.3 is 15.6 Å². The molecule has 0 aromatic heterocycles. The summed E-state index contributed by atoms with van der Waals surface area (Å²) in [5, 5.41) is 11.9. The minimum atomic E-state index is -6.30. The van der Waals surface area contributed by atoms with E-state index in [4.69, 9.17) is 46.8 Å². The van der Waals surface area contributed by atoms with Gasteiger partial charge in [-0.05, 0) is 33.4 Å². The molecule has 2 heterocycles. The van der Waals surface area contributed by atoms with Gasteiger partial charge in [0, 0.05) is 0 Å². The summed E-state index contributed by atoms with van der Waals surface area (Å²) >= 11 is 0. The summed E-state index contributed by atoms with van der Waals surface area (Å²) in [5.74, 6) is 0. The van der Waals surface area contributed by atoms with Gasteiger partial charge in [0.25, 0.3) is 0 Å². The minimum absolute atomic E-state index is 0.0182. The largest absolute Gasteiger partial charge is 0.523 e. The van der Waals surface area contributed by atoms with Gasteiger partial charge in [-0.1, -0.05) is 182 Å². The number of halogens is 3. The Morgan fingerprint density at radius 3 is 1.11 bits per heavy atom. The first-order valence-corrected chi connectivity index (χ1v) is 24.9. The van der Waals surface area contributed by atoms with E-state index in [1.165, 1.54) is 0 Å². The van der Waals surface area contributed by atoms with Crippen molar-refractivity contribution in [2.45, 2.75) is 107 Å². The van der Waals surface area contributed by atoms with Gasteiger partial charge in [0.1, 0.15) is 48.8 Å². The molecular formula is C55H57F3O13S. The molecule has 72 heavy (non-hydrogen) atoms. The van der Waals surface area contributed by atoms with Gasteiger partial charge < -0.3 is 47.7 Å². The Kier molecular flexibility index (Phi) is 19.1. The molecule has 8 rings (SSSR count). The normalized spacial score (nSPS) is 24.7. The molecule has 0 unspecified atom stereocenters. The van der Waals surface area contributed by atoms with E-state index in [-0.39, 0.29) is 46.2 Å². The Bertz CT molecular complexity index is 2590. The maximum Gasteiger partial charge on any atom is 0.523 e. The van der Waals surface area contributed by atoms with Crippen LogP contribution < -0.4 is 0 Å². The molecule has 2 aliphatic rings. The summed E-state index contributed by atoms with van der Waals surface area (Å²) in [6, 6.07) is 54.7. The Balaban J connectivity index is 1.21. The molecule has 17 heteroatoms. The van der Waals surface area contributed by atoms with E-state index in [0.717, 1.165) is 22.3 Å². The zero-order valence-corrected chi connectivity index (χ0v) is 40.0.